The lowest BCUT2D eigenvalue weighted by molar-refractivity contribution is -0.386. The molecule has 1 atom stereocenters. The number of fused-ring (bicyclic) bond motifs is 1. The molecule has 0 aliphatic heterocycles. The van der Waals surface area contributed by atoms with Crippen LogP contribution in [0.4, 0.5) is 5.69 Å². The van der Waals surface area contributed by atoms with Gasteiger partial charge in [0.05, 0.1) is 29.3 Å². The van der Waals surface area contributed by atoms with E-state index in [2.05, 4.69) is 9.97 Å². The lowest BCUT2D eigenvalue weighted by Gasteiger charge is -2.29. The van der Waals surface area contributed by atoms with E-state index in [4.69, 9.17) is 25.9 Å². The van der Waals surface area contributed by atoms with Crippen LogP contribution in [0.1, 0.15) is 20.3 Å². The number of ketones is 1. The molecule has 3 rings (SSSR count). The highest BCUT2D eigenvalue weighted by molar-refractivity contribution is 6.31. The van der Waals surface area contributed by atoms with E-state index in [0.29, 0.717) is 16.1 Å². The molecule has 1 aromatic heterocycles. The number of nitro groups is 1. The number of hydrogen-bond acceptors (Lipinski definition) is 10. The number of benzene rings is 2. The zero-order chi connectivity index (χ0) is 26.5. The van der Waals surface area contributed by atoms with E-state index in [1.807, 2.05) is 0 Å². The summed E-state index contributed by atoms with van der Waals surface area (Å²) in [5.74, 6) is -2.51. The summed E-state index contributed by atoms with van der Waals surface area (Å²) in [5.41, 5.74) is -2.32. The number of nitrogens with zero attached hydrogens (tertiary/aromatic N) is 5. The maximum atomic E-state index is 13.1. The van der Waals surface area contributed by atoms with Crippen molar-refractivity contribution in [1.29, 1.82) is 5.26 Å². The maximum Gasteiger partial charge on any atom is 0.332 e. The smallest absolute Gasteiger partial charge is 0.332 e. The average Bonchev–Trinajstić information content (AvgIpc) is 2.87. The van der Waals surface area contributed by atoms with Gasteiger partial charge in [-0.1, -0.05) is 18.5 Å². The number of likely N-dealkylation sites (N-methyl/N-ethyl adjacent to an activating group) is 1. The van der Waals surface area contributed by atoms with E-state index in [1.54, 1.807) is 31.2 Å². The monoisotopic (exact) mass is 513 g/mol. The van der Waals surface area contributed by atoms with E-state index >= 15 is 0 Å². The van der Waals surface area contributed by atoms with Gasteiger partial charge in [-0.2, -0.15) is 5.26 Å². The van der Waals surface area contributed by atoms with Crippen LogP contribution in [-0.2, 0) is 14.4 Å². The third-order valence-corrected chi connectivity index (χ3v) is 5.24. The number of Topliss-reactive ketones (excluding diaryl/α,β-unsaturated/α-hetero) is 1. The molecular weight excluding hydrogens is 494 g/mol. The number of amides is 1. The Labute approximate surface area is 210 Å². The summed E-state index contributed by atoms with van der Waals surface area (Å²) in [6.07, 6.45) is 1.06. The van der Waals surface area contributed by atoms with Gasteiger partial charge in [-0.15, -0.1) is 0 Å². The van der Waals surface area contributed by atoms with Gasteiger partial charge in [-0.25, -0.2) is 15.0 Å². The number of nitriles is 1. The summed E-state index contributed by atoms with van der Waals surface area (Å²) in [7, 11) is 1.18. The third kappa shape index (κ3) is 5.17. The molecule has 1 unspecified atom stereocenters. The molecule has 186 valence electrons. The highest BCUT2D eigenvalue weighted by atomic mass is 35.5. The Morgan fingerprint density at radius 2 is 1.97 bits per heavy atom. The van der Waals surface area contributed by atoms with Crippen LogP contribution >= 0.6 is 11.6 Å². The quantitative estimate of drug-likeness (QED) is 0.220. The van der Waals surface area contributed by atoms with Crippen LogP contribution in [0.25, 0.3) is 11.0 Å². The van der Waals surface area contributed by atoms with Gasteiger partial charge in [-0.3, -0.25) is 24.5 Å². The summed E-state index contributed by atoms with van der Waals surface area (Å²) in [6, 6.07) is 9.87. The molecule has 1 amide bonds. The number of hydrogen-bond donors (Lipinski definition) is 0. The van der Waals surface area contributed by atoms with Gasteiger partial charge in [0.1, 0.15) is 11.8 Å². The first-order valence-corrected chi connectivity index (χ1v) is 10.9. The fraction of sp³-hybridized carbons (Fsp3) is 0.261. The fourth-order valence-electron chi connectivity index (χ4n) is 3.23. The first-order valence-electron chi connectivity index (χ1n) is 10.6. The third-order valence-electron chi connectivity index (χ3n) is 5.00. The number of ether oxygens (including phenoxy) is 2. The summed E-state index contributed by atoms with van der Waals surface area (Å²) < 4.78 is 11.2. The lowest BCUT2D eigenvalue weighted by Crippen LogP contribution is -2.56. The van der Waals surface area contributed by atoms with E-state index in [9.17, 15) is 25.0 Å². The van der Waals surface area contributed by atoms with Crippen molar-refractivity contribution in [3.63, 3.8) is 0 Å². The van der Waals surface area contributed by atoms with Crippen molar-refractivity contribution in [2.75, 3.05) is 13.7 Å². The van der Waals surface area contributed by atoms with Crippen LogP contribution in [-0.4, -0.2) is 50.9 Å². The molecule has 0 saturated heterocycles. The van der Waals surface area contributed by atoms with Crippen LogP contribution in [0.15, 0.2) is 42.6 Å². The van der Waals surface area contributed by atoms with Gasteiger partial charge in [-0.05, 0) is 31.2 Å². The molecule has 0 N–H and O–H groups in total. The molecule has 0 aliphatic carbocycles. The molecule has 0 saturated carbocycles. The minimum atomic E-state index is -2.73. The van der Waals surface area contributed by atoms with Crippen LogP contribution in [0.5, 0.6) is 17.4 Å². The number of rotatable bonds is 10. The van der Waals surface area contributed by atoms with Crippen molar-refractivity contribution in [3.05, 3.63) is 57.7 Å². The van der Waals surface area contributed by atoms with E-state index in [1.165, 1.54) is 26.3 Å². The number of carbonyl (C=O) groups is 2. The number of halogens is 1. The van der Waals surface area contributed by atoms with Crippen molar-refractivity contribution >= 4 is 40.0 Å². The second kappa shape index (κ2) is 10.9. The van der Waals surface area contributed by atoms with Gasteiger partial charge in [0.15, 0.2) is 0 Å². The Balaban J connectivity index is 2.05. The summed E-state index contributed by atoms with van der Waals surface area (Å²) >= 11 is 5.95. The molecule has 0 radical (unpaired) electrons. The van der Waals surface area contributed by atoms with Crippen molar-refractivity contribution in [2.45, 2.75) is 25.9 Å². The molecule has 0 bridgehead atoms. The molecule has 2 aromatic carbocycles. The number of aromatic nitrogens is 2. The van der Waals surface area contributed by atoms with Gasteiger partial charge < -0.3 is 9.47 Å². The topological polar surface area (TPSA) is 158 Å². The molecule has 13 heteroatoms. The second-order valence-corrected chi connectivity index (χ2v) is 7.62. The first kappa shape index (κ1) is 26.3. The highest BCUT2D eigenvalue weighted by Gasteiger charge is 2.52. The summed E-state index contributed by atoms with van der Waals surface area (Å²) in [6.45, 7) is 2.96. The second-order valence-electron chi connectivity index (χ2n) is 7.18. The van der Waals surface area contributed by atoms with Gasteiger partial charge in [0.2, 0.25) is 17.4 Å². The Morgan fingerprint density at radius 3 is 2.58 bits per heavy atom. The van der Waals surface area contributed by atoms with Gasteiger partial charge >= 0.3 is 17.2 Å². The number of hydroxylamine groups is 2. The van der Waals surface area contributed by atoms with Gasteiger partial charge in [0.25, 0.3) is 0 Å². The van der Waals surface area contributed by atoms with E-state index in [0.717, 1.165) is 17.2 Å². The zero-order valence-electron chi connectivity index (χ0n) is 19.4. The molecule has 0 aliphatic rings. The maximum absolute atomic E-state index is 13.1. The normalized spacial score (nSPS) is 12.3. The highest BCUT2D eigenvalue weighted by Crippen LogP contribution is 2.36. The van der Waals surface area contributed by atoms with Crippen molar-refractivity contribution in [2.24, 2.45) is 0 Å². The van der Waals surface area contributed by atoms with Crippen LogP contribution in [0.3, 0.4) is 0 Å². The van der Waals surface area contributed by atoms with Crippen LogP contribution in [0, 0.1) is 21.4 Å². The van der Waals surface area contributed by atoms with Crippen molar-refractivity contribution in [3.8, 4) is 23.4 Å². The zero-order valence-corrected chi connectivity index (χ0v) is 20.2. The minimum absolute atomic E-state index is 0.0144. The fourth-order valence-corrected chi connectivity index (χ4v) is 3.39. The van der Waals surface area contributed by atoms with E-state index in [-0.39, 0.29) is 24.6 Å². The Bertz CT molecular complexity index is 1370. The molecule has 1 heterocycles. The molecular formula is C23H20ClN5O7. The van der Waals surface area contributed by atoms with Crippen LogP contribution in [0.2, 0.25) is 5.02 Å². The molecule has 12 nitrogen and oxygen atoms in total. The Kier molecular flexibility index (Phi) is 7.98. The van der Waals surface area contributed by atoms with Crippen molar-refractivity contribution < 1.29 is 28.8 Å². The van der Waals surface area contributed by atoms with E-state index < -0.39 is 33.7 Å². The SMILES string of the molecule is CCC(=O)C(C#N)(Oc1cc(Oc2cnc3cc(Cl)ccc3n2)ccc1[N+](=O)[O-])C(=O)N(CC)OC. The summed E-state index contributed by atoms with van der Waals surface area (Å²) in [5, 5.41) is 22.8. The average molecular weight is 514 g/mol. The molecule has 36 heavy (non-hydrogen) atoms. The van der Waals surface area contributed by atoms with Crippen LogP contribution < -0.4 is 9.47 Å². The predicted molar refractivity (Wildman–Crippen MR) is 126 cm³/mol. The number of carbonyl (C=O) groups excluding carboxylic acids is 2. The van der Waals surface area contributed by atoms with Gasteiger partial charge in [0, 0.05) is 30.1 Å². The van der Waals surface area contributed by atoms with Crippen molar-refractivity contribution in [1.82, 2.24) is 15.0 Å². The molecule has 0 spiro atoms. The standard InChI is InChI=1S/C23H20ClN5O7/c1-4-20(30)23(13-25,22(31)28(5-2)34-3)36-19-11-15(7-9-18(19)29(32)33)35-21-12-26-17-10-14(24)6-8-16(17)27-21/h6-12H,4-5H2,1-3H3. The minimum Gasteiger partial charge on any atom is -0.449 e. The number of nitro benzene ring substituents is 1. The lowest BCUT2D eigenvalue weighted by atomic mass is 9.96. The molecule has 0 fully saturated rings. The first-order chi connectivity index (χ1) is 17.2. The molecule has 3 aromatic rings. The Hall–Kier alpha value is -4.34. The predicted octanol–water partition coefficient (Wildman–Crippen LogP) is 4.01. The Morgan fingerprint density at radius 1 is 1.22 bits per heavy atom. The largest absolute Gasteiger partial charge is 0.449 e. The summed E-state index contributed by atoms with van der Waals surface area (Å²) in [4.78, 5) is 50.2.